The number of primary sulfonamides is 1. The van der Waals surface area contributed by atoms with Gasteiger partial charge in [0.2, 0.25) is 10.0 Å². The predicted octanol–water partition coefficient (Wildman–Crippen LogP) is 1.80. The number of amides is 1. The van der Waals surface area contributed by atoms with Crippen molar-refractivity contribution in [1.29, 1.82) is 0 Å². The van der Waals surface area contributed by atoms with Gasteiger partial charge in [0.15, 0.2) is 11.9 Å². The number of ether oxygens (including phenoxy) is 1. The molecule has 0 bridgehead atoms. The zero-order valence-electron chi connectivity index (χ0n) is 11.1. The van der Waals surface area contributed by atoms with Crippen LogP contribution in [0.25, 0.3) is 0 Å². The number of nitrogens with one attached hydrogen (secondary N) is 1. The summed E-state index contributed by atoms with van der Waals surface area (Å²) in [6.45, 7) is 1.52. The third-order valence-corrected chi connectivity index (χ3v) is 4.52. The summed E-state index contributed by atoms with van der Waals surface area (Å²) in [4.78, 5) is 11.6. The molecule has 1 atom stereocenters. The first-order valence-electron chi connectivity index (χ1n) is 6.17. The first-order chi connectivity index (χ1) is 9.68. The van der Waals surface area contributed by atoms with Crippen molar-refractivity contribution in [2.24, 2.45) is 5.14 Å². The Labute approximate surface area is 136 Å². The van der Waals surface area contributed by atoms with Crippen LogP contribution in [0.3, 0.4) is 0 Å². The van der Waals surface area contributed by atoms with Crippen LogP contribution < -0.4 is 15.2 Å². The fraction of sp³-hybridized carbons (Fsp3) is 0.417. The summed E-state index contributed by atoms with van der Waals surface area (Å²) in [5.41, 5.74) is 0. The number of benzene rings is 1. The van der Waals surface area contributed by atoms with Gasteiger partial charge in [0.1, 0.15) is 4.90 Å². The van der Waals surface area contributed by atoms with Crippen LogP contribution >= 0.6 is 27.5 Å². The lowest BCUT2D eigenvalue weighted by molar-refractivity contribution is -0.127. The van der Waals surface area contributed by atoms with E-state index in [4.69, 9.17) is 21.5 Å². The average molecular weight is 398 g/mol. The van der Waals surface area contributed by atoms with Gasteiger partial charge in [0, 0.05) is 10.5 Å². The molecule has 0 aromatic heterocycles. The van der Waals surface area contributed by atoms with Gasteiger partial charge in [-0.3, -0.25) is 4.79 Å². The Morgan fingerprint density at radius 1 is 1.52 bits per heavy atom. The van der Waals surface area contributed by atoms with E-state index in [1.165, 1.54) is 19.1 Å². The number of carbonyl (C=O) groups is 1. The van der Waals surface area contributed by atoms with E-state index in [-0.39, 0.29) is 27.6 Å². The largest absolute Gasteiger partial charge is 0.478 e. The summed E-state index contributed by atoms with van der Waals surface area (Å²) in [6.07, 6.45) is 1.00. The van der Waals surface area contributed by atoms with Gasteiger partial charge in [0.25, 0.3) is 5.91 Å². The quantitative estimate of drug-likeness (QED) is 0.791. The van der Waals surface area contributed by atoms with E-state index in [0.717, 1.165) is 12.8 Å². The summed E-state index contributed by atoms with van der Waals surface area (Å²) in [7, 11) is -4.03. The number of nitrogens with two attached hydrogens (primary N) is 1. The number of hydrogen-bond acceptors (Lipinski definition) is 4. The first kappa shape index (κ1) is 16.5. The van der Waals surface area contributed by atoms with Gasteiger partial charge >= 0.3 is 0 Å². The number of sulfonamides is 1. The van der Waals surface area contributed by atoms with Crippen molar-refractivity contribution in [2.45, 2.75) is 36.8 Å². The minimum atomic E-state index is -4.03. The van der Waals surface area contributed by atoms with Crippen LogP contribution in [-0.4, -0.2) is 26.5 Å². The molecule has 1 amide bonds. The molecule has 1 aromatic carbocycles. The van der Waals surface area contributed by atoms with Crippen LogP contribution in [-0.2, 0) is 14.8 Å². The maximum atomic E-state index is 11.9. The zero-order chi connectivity index (χ0) is 15.8. The minimum Gasteiger partial charge on any atom is -0.478 e. The molecule has 116 valence electrons. The fourth-order valence-electron chi connectivity index (χ4n) is 1.64. The highest BCUT2D eigenvalue weighted by atomic mass is 79.9. The van der Waals surface area contributed by atoms with E-state index in [1.54, 1.807) is 0 Å². The molecule has 1 aliphatic rings. The van der Waals surface area contributed by atoms with Crippen molar-refractivity contribution in [3.63, 3.8) is 0 Å². The smallest absolute Gasteiger partial charge is 0.260 e. The predicted molar refractivity (Wildman–Crippen MR) is 81.8 cm³/mol. The van der Waals surface area contributed by atoms with Crippen LogP contribution in [0.5, 0.6) is 5.75 Å². The molecular weight excluding hydrogens is 384 g/mol. The average Bonchev–Trinajstić information content (AvgIpc) is 3.14. The fourth-order valence-corrected chi connectivity index (χ4v) is 3.41. The van der Waals surface area contributed by atoms with Gasteiger partial charge in [-0.1, -0.05) is 27.5 Å². The lowest BCUT2D eigenvalue weighted by Crippen LogP contribution is -2.37. The van der Waals surface area contributed by atoms with Gasteiger partial charge in [0.05, 0.1) is 5.02 Å². The molecule has 0 spiro atoms. The van der Waals surface area contributed by atoms with Crippen molar-refractivity contribution >= 4 is 43.5 Å². The van der Waals surface area contributed by atoms with Crippen molar-refractivity contribution < 1.29 is 17.9 Å². The zero-order valence-corrected chi connectivity index (χ0v) is 14.3. The summed E-state index contributed by atoms with van der Waals surface area (Å²) >= 11 is 9.14. The maximum Gasteiger partial charge on any atom is 0.260 e. The second-order valence-electron chi connectivity index (χ2n) is 4.80. The number of halogens is 2. The Bertz CT molecular complexity index is 676. The van der Waals surface area contributed by atoms with Crippen molar-refractivity contribution in [3.05, 3.63) is 21.6 Å². The highest BCUT2D eigenvalue weighted by Crippen LogP contribution is 2.35. The molecule has 0 aliphatic heterocycles. The maximum absolute atomic E-state index is 11.9. The third-order valence-electron chi connectivity index (χ3n) is 2.87. The molecule has 21 heavy (non-hydrogen) atoms. The molecule has 1 saturated carbocycles. The highest BCUT2D eigenvalue weighted by Gasteiger charge is 2.28. The molecule has 1 aliphatic carbocycles. The minimum absolute atomic E-state index is 0.0551. The van der Waals surface area contributed by atoms with Crippen molar-refractivity contribution in [3.8, 4) is 5.75 Å². The van der Waals surface area contributed by atoms with Crippen LogP contribution in [0.4, 0.5) is 0 Å². The van der Waals surface area contributed by atoms with Crippen LogP contribution in [0, 0.1) is 0 Å². The van der Waals surface area contributed by atoms with Gasteiger partial charge < -0.3 is 10.1 Å². The van der Waals surface area contributed by atoms with E-state index in [1.807, 2.05) is 0 Å². The standard InChI is InChI=1S/C12H14BrClN2O4S/c1-6(12(17)16-8-2-3-8)20-11-9(14)4-7(13)5-10(11)21(15,18)19/h4-6,8H,2-3H2,1H3,(H,16,17)(H2,15,18,19). The van der Waals surface area contributed by atoms with E-state index in [0.29, 0.717) is 4.47 Å². The molecule has 0 saturated heterocycles. The van der Waals surface area contributed by atoms with Crippen molar-refractivity contribution in [1.82, 2.24) is 5.32 Å². The molecule has 0 heterocycles. The second kappa shape index (κ2) is 6.12. The lowest BCUT2D eigenvalue weighted by Gasteiger charge is -2.18. The molecule has 6 nitrogen and oxygen atoms in total. The van der Waals surface area contributed by atoms with E-state index >= 15 is 0 Å². The number of hydrogen-bond donors (Lipinski definition) is 2. The van der Waals surface area contributed by atoms with Gasteiger partial charge in [-0.25, -0.2) is 13.6 Å². The molecule has 1 aromatic rings. The van der Waals surface area contributed by atoms with Gasteiger partial charge in [-0.2, -0.15) is 0 Å². The van der Waals surface area contributed by atoms with Gasteiger partial charge in [-0.15, -0.1) is 0 Å². The second-order valence-corrected chi connectivity index (χ2v) is 7.66. The summed E-state index contributed by atoms with van der Waals surface area (Å²) in [5, 5.41) is 7.97. The van der Waals surface area contributed by atoms with E-state index in [9.17, 15) is 13.2 Å². The molecule has 1 unspecified atom stereocenters. The number of carbonyl (C=O) groups excluding carboxylic acids is 1. The highest BCUT2D eigenvalue weighted by molar-refractivity contribution is 9.10. The first-order valence-corrected chi connectivity index (χ1v) is 8.89. The molecule has 2 rings (SSSR count). The molecule has 1 fully saturated rings. The topological polar surface area (TPSA) is 98.5 Å². The Balaban J connectivity index is 2.27. The Kier molecular flexibility index (Phi) is 4.82. The molecule has 9 heteroatoms. The molecular formula is C12H14BrClN2O4S. The summed E-state index contributed by atoms with van der Waals surface area (Å²) in [5.74, 6) is -0.447. The molecule has 0 radical (unpaired) electrons. The van der Waals surface area contributed by atoms with Crippen LogP contribution in [0.2, 0.25) is 5.02 Å². The van der Waals surface area contributed by atoms with Crippen molar-refractivity contribution in [2.75, 3.05) is 0 Å². The van der Waals surface area contributed by atoms with Gasteiger partial charge in [-0.05, 0) is 31.9 Å². The number of rotatable bonds is 5. The van der Waals surface area contributed by atoms with E-state index < -0.39 is 16.1 Å². The lowest BCUT2D eigenvalue weighted by atomic mass is 10.3. The third kappa shape index (κ3) is 4.32. The Hall–Kier alpha value is -0.830. The SMILES string of the molecule is CC(Oc1c(Cl)cc(Br)cc1S(N)(=O)=O)C(=O)NC1CC1. The summed E-state index contributed by atoms with van der Waals surface area (Å²) < 4.78 is 29.1. The van der Waals surface area contributed by atoms with E-state index in [2.05, 4.69) is 21.2 Å². The Morgan fingerprint density at radius 3 is 2.67 bits per heavy atom. The molecule has 3 N–H and O–H groups in total. The monoisotopic (exact) mass is 396 g/mol. The van der Waals surface area contributed by atoms with Crippen LogP contribution in [0.15, 0.2) is 21.5 Å². The summed E-state index contributed by atoms with van der Waals surface area (Å²) in [6, 6.07) is 2.93. The van der Waals surface area contributed by atoms with Crippen LogP contribution in [0.1, 0.15) is 19.8 Å². The normalized spacial score (nSPS) is 16.4. The Morgan fingerprint density at radius 2 is 2.14 bits per heavy atom.